The first kappa shape index (κ1) is 13.5. The van der Waals surface area contributed by atoms with Crippen LogP contribution in [0.25, 0.3) is 5.57 Å². The average molecular weight is 206 g/mol. The van der Waals surface area contributed by atoms with Gasteiger partial charge in [0.1, 0.15) is 0 Å². The van der Waals surface area contributed by atoms with Gasteiger partial charge in [-0.15, -0.1) is 0 Å². The van der Waals surface area contributed by atoms with Crippen molar-refractivity contribution in [1.29, 1.82) is 0 Å². The Balaban J connectivity index is 0.00000169. The van der Waals surface area contributed by atoms with Gasteiger partial charge in [0.2, 0.25) is 0 Å². The van der Waals surface area contributed by atoms with Crippen molar-refractivity contribution < 1.29 is 13.0 Å². The number of hydrogen-bond acceptors (Lipinski definition) is 2. The van der Waals surface area contributed by atoms with E-state index in [-0.39, 0.29) is 18.9 Å². The zero-order valence-electron chi connectivity index (χ0n) is 7.14. The quantitative estimate of drug-likeness (QED) is 0.586. The molecule has 3 nitrogen and oxygen atoms in total. The van der Waals surface area contributed by atoms with Crippen LogP contribution in [0.4, 0.5) is 0 Å². The van der Waals surface area contributed by atoms with E-state index in [0.29, 0.717) is 5.57 Å². The number of rotatable bonds is 2. The molecule has 5 heteroatoms. The fourth-order valence-corrected chi connectivity index (χ4v) is 1.58. The van der Waals surface area contributed by atoms with Crippen LogP contribution in [-0.4, -0.2) is 31.8 Å². The van der Waals surface area contributed by atoms with E-state index in [9.17, 15) is 8.42 Å². The minimum atomic E-state index is -4.03. The predicted molar refractivity (Wildman–Crippen MR) is 58.8 cm³/mol. The maximum absolute atomic E-state index is 10.5. The maximum atomic E-state index is 10.5. The second kappa shape index (κ2) is 5.37. The van der Waals surface area contributed by atoms with Crippen LogP contribution in [0.5, 0.6) is 0 Å². The summed E-state index contributed by atoms with van der Waals surface area (Å²) < 4.78 is 29.5. The van der Waals surface area contributed by atoms with Gasteiger partial charge in [0.05, 0.1) is 5.41 Å². The molecular formula is C9H11LiO3S. The van der Waals surface area contributed by atoms with Crippen LogP contribution in [0.3, 0.4) is 0 Å². The van der Waals surface area contributed by atoms with Crippen LogP contribution >= 0.6 is 0 Å². The molecule has 0 fully saturated rings. The first-order valence-electron chi connectivity index (χ1n) is 3.70. The second-order valence-electron chi connectivity index (χ2n) is 2.68. The molecule has 0 aromatic heterocycles. The van der Waals surface area contributed by atoms with Gasteiger partial charge in [-0.1, -0.05) is 30.3 Å². The summed E-state index contributed by atoms with van der Waals surface area (Å²) in [5, 5.41) is 0.836. The van der Waals surface area contributed by atoms with Crippen molar-refractivity contribution in [1.82, 2.24) is 0 Å². The molecule has 0 amide bonds. The van der Waals surface area contributed by atoms with Gasteiger partial charge in [0.15, 0.2) is 0 Å². The standard InChI is InChI=1S/C9H10O3S.Li.H/c1-8(7-13(10,11)12)9-5-3-2-4-6-9;;/h2-7H,1H3,(H,10,11,12);;. The molecular weight excluding hydrogens is 195 g/mol. The summed E-state index contributed by atoms with van der Waals surface area (Å²) >= 11 is 0. The summed E-state index contributed by atoms with van der Waals surface area (Å²) in [4.78, 5) is 0. The first-order valence-corrected chi connectivity index (χ1v) is 5.20. The van der Waals surface area contributed by atoms with Crippen molar-refractivity contribution in [2.24, 2.45) is 0 Å². The molecule has 0 saturated heterocycles. The second-order valence-corrected chi connectivity index (χ2v) is 3.95. The average Bonchev–Trinajstić information content (AvgIpc) is 2.03. The molecule has 72 valence electrons. The summed E-state index contributed by atoms with van der Waals surface area (Å²) in [5.41, 5.74) is 1.29. The summed E-state index contributed by atoms with van der Waals surface area (Å²) in [6, 6.07) is 8.99. The molecule has 0 heterocycles. The number of hydrogen-bond donors (Lipinski definition) is 1. The minimum absolute atomic E-state index is 0. The Morgan fingerprint density at radius 2 is 1.79 bits per heavy atom. The van der Waals surface area contributed by atoms with Crippen molar-refractivity contribution >= 4 is 34.6 Å². The Morgan fingerprint density at radius 3 is 2.21 bits per heavy atom. The third kappa shape index (κ3) is 4.63. The van der Waals surface area contributed by atoms with E-state index >= 15 is 0 Å². The molecule has 0 atom stereocenters. The van der Waals surface area contributed by atoms with E-state index < -0.39 is 10.1 Å². The van der Waals surface area contributed by atoms with Gasteiger partial charge in [-0.2, -0.15) is 8.42 Å². The molecule has 14 heavy (non-hydrogen) atoms. The molecule has 0 bridgehead atoms. The van der Waals surface area contributed by atoms with Crippen molar-refractivity contribution in [3.63, 3.8) is 0 Å². The topological polar surface area (TPSA) is 54.4 Å². The predicted octanol–water partition coefficient (Wildman–Crippen LogP) is 1.29. The van der Waals surface area contributed by atoms with Gasteiger partial charge in [-0.25, -0.2) is 0 Å². The van der Waals surface area contributed by atoms with E-state index in [1.165, 1.54) is 0 Å². The fourth-order valence-electron chi connectivity index (χ4n) is 0.992. The van der Waals surface area contributed by atoms with E-state index in [1.807, 2.05) is 6.07 Å². The van der Waals surface area contributed by atoms with Crippen molar-refractivity contribution in [3.05, 3.63) is 41.3 Å². The summed E-state index contributed by atoms with van der Waals surface area (Å²) in [6.45, 7) is 1.63. The van der Waals surface area contributed by atoms with E-state index in [0.717, 1.165) is 11.0 Å². The summed E-state index contributed by atoms with van der Waals surface area (Å²) in [5.74, 6) is 0. The molecule has 0 aliphatic heterocycles. The zero-order chi connectivity index (χ0) is 9.90. The summed E-state index contributed by atoms with van der Waals surface area (Å²) in [7, 11) is -4.03. The van der Waals surface area contributed by atoms with Gasteiger partial charge in [0.25, 0.3) is 10.1 Å². The van der Waals surface area contributed by atoms with Crippen molar-refractivity contribution in [2.45, 2.75) is 6.92 Å². The molecule has 0 unspecified atom stereocenters. The van der Waals surface area contributed by atoms with Gasteiger partial charge in [-0.05, 0) is 18.1 Å². The van der Waals surface area contributed by atoms with E-state index in [2.05, 4.69) is 0 Å². The van der Waals surface area contributed by atoms with E-state index in [1.54, 1.807) is 31.2 Å². The van der Waals surface area contributed by atoms with Crippen LogP contribution in [-0.2, 0) is 10.1 Å². The summed E-state index contributed by atoms with van der Waals surface area (Å²) in [6.07, 6.45) is 0. The van der Waals surface area contributed by atoms with Crippen LogP contribution in [0.15, 0.2) is 35.7 Å². The van der Waals surface area contributed by atoms with Crippen molar-refractivity contribution in [2.75, 3.05) is 0 Å². The molecule has 1 N–H and O–H groups in total. The molecule has 0 radical (unpaired) electrons. The Hall–Kier alpha value is -0.533. The van der Waals surface area contributed by atoms with Crippen LogP contribution in [0.2, 0.25) is 0 Å². The number of benzene rings is 1. The van der Waals surface area contributed by atoms with Gasteiger partial charge < -0.3 is 0 Å². The van der Waals surface area contributed by atoms with Gasteiger partial charge in [0, 0.05) is 0 Å². The molecule has 0 aliphatic carbocycles. The first-order chi connectivity index (χ1) is 5.99. The Bertz CT molecular complexity index is 409. The van der Waals surface area contributed by atoms with Gasteiger partial charge in [-0.3, -0.25) is 4.55 Å². The molecule has 0 saturated carbocycles. The molecule has 0 spiro atoms. The van der Waals surface area contributed by atoms with E-state index in [4.69, 9.17) is 4.55 Å². The fraction of sp³-hybridized carbons (Fsp3) is 0.111. The number of allylic oxidation sites excluding steroid dienone is 1. The van der Waals surface area contributed by atoms with Crippen LogP contribution in [0.1, 0.15) is 12.5 Å². The Kier molecular flexibility index (Phi) is 5.17. The monoisotopic (exact) mass is 206 g/mol. The van der Waals surface area contributed by atoms with Crippen LogP contribution in [0, 0.1) is 0 Å². The normalized spacial score (nSPS) is 12.0. The molecule has 0 aliphatic rings. The Morgan fingerprint density at radius 1 is 1.29 bits per heavy atom. The van der Waals surface area contributed by atoms with Crippen molar-refractivity contribution in [3.8, 4) is 0 Å². The SMILES string of the molecule is CC(=CS(=O)(=O)O)c1ccccc1.[LiH]. The molecule has 1 aromatic rings. The van der Waals surface area contributed by atoms with Crippen LogP contribution < -0.4 is 0 Å². The third-order valence-corrected chi connectivity index (χ3v) is 2.21. The molecule has 1 aromatic carbocycles. The van der Waals surface area contributed by atoms with Gasteiger partial charge >= 0.3 is 18.9 Å². The molecule has 1 rings (SSSR count). The Labute approximate surface area is 95.8 Å². The zero-order valence-corrected chi connectivity index (χ0v) is 7.95. The third-order valence-electron chi connectivity index (χ3n) is 1.55.